The Balaban J connectivity index is 1.86. The molecule has 1 aliphatic heterocycles. The number of halogens is 2. The number of ketones is 1. The molecule has 8 nitrogen and oxygen atoms in total. The number of aryl methyl sites for hydroxylation is 1. The van der Waals surface area contributed by atoms with Crippen LogP contribution in [0.5, 0.6) is 5.75 Å². The molecule has 1 N–H and O–H groups in total. The van der Waals surface area contributed by atoms with Crippen LogP contribution >= 0.6 is 34.5 Å². The molecule has 0 aliphatic carbocycles. The number of aliphatic hydroxyl groups excluding tert-OH is 1. The first-order chi connectivity index (χ1) is 18.7. The van der Waals surface area contributed by atoms with Gasteiger partial charge in [-0.15, -0.1) is 0 Å². The van der Waals surface area contributed by atoms with E-state index in [1.807, 2.05) is 0 Å². The number of hydrogen-bond donors (Lipinski definition) is 1. The van der Waals surface area contributed by atoms with Gasteiger partial charge in [0.1, 0.15) is 29.6 Å². The Morgan fingerprint density at radius 1 is 1.13 bits per heavy atom. The minimum atomic E-state index is -1.16. The molecule has 1 atom stereocenters. The number of carbonyl (C=O) groups excluding carboxylic acids is 3. The highest BCUT2D eigenvalue weighted by Gasteiger charge is 2.49. The van der Waals surface area contributed by atoms with Crippen LogP contribution in [0.3, 0.4) is 0 Å². The van der Waals surface area contributed by atoms with E-state index in [4.69, 9.17) is 32.7 Å². The molecule has 1 saturated heterocycles. The number of Topliss-reactive ketones (excluding diaryl/α,β-unsaturated/α-hetero) is 1. The van der Waals surface area contributed by atoms with Gasteiger partial charge in [0.25, 0.3) is 5.78 Å². The first-order valence-corrected chi connectivity index (χ1v) is 13.1. The number of esters is 1. The zero-order valence-corrected chi connectivity index (χ0v) is 23.0. The van der Waals surface area contributed by atoms with Crippen LogP contribution in [-0.2, 0) is 14.3 Å². The van der Waals surface area contributed by atoms with Crippen LogP contribution in [0.15, 0.2) is 73.3 Å². The first-order valence-electron chi connectivity index (χ1n) is 11.5. The molecular formula is C28H22Cl2N2O6S. The summed E-state index contributed by atoms with van der Waals surface area (Å²) < 4.78 is 10.6. The molecule has 200 valence electrons. The molecule has 0 spiro atoms. The highest BCUT2D eigenvalue weighted by Crippen LogP contribution is 2.46. The maximum atomic E-state index is 13.4. The zero-order chi connectivity index (χ0) is 28.3. The van der Waals surface area contributed by atoms with Crippen molar-refractivity contribution in [3.05, 3.63) is 105 Å². The summed E-state index contributed by atoms with van der Waals surface area (Å²) in [5, 5.41) is 11.9. The lowest BCUT2D eigenvalue weighted by Gasteiger charge is -2.24. The topological polar surface area (TPSA) is 106 Å². The molecule has 0 bridgehead atoms. The molecule has 2 aromatic carbocycles. The predicted molar refractivity (Wildman–Crippen MR) is 151 cm³/mol. The number of rotatable bonds is 9. The minimum Gasteiger partial charge on any atom is -0.507 e. The van der Waals surface area contributed by atoms with Gasteiger partial charge >= 0.3 is 11.9 Å². The van der Waals surface area contributed by atoms with E-state index < -0.39 is 29.5 Å². The Morgan fingerprint density at radius 2 is 1.82 bits per heavy atom. The summed E-state index contributed by atoms with van der Waals surface area (Å²) >= 11 is 13.5. The molecule has 0 saturated carbocycles. The SMILES string of the molecule is C=CCOC(=O)c1sc(N2C(=O)C(=O)/C(=C(/O)c3ccc(OCC=C)cc3)C2c2ccc(Cl)cc2Cl)nc1C. The summed E-state index contributed by atoms with van der Waals surface area (Å²) in [6.45, 7) is 8.99. The molecule has 0 radical (unpaired) electrons. The van der Waals surface area contributed by atoms with Crippen LogP contribution < -0.4 is 9.64 Å². The first kappa shape index (κ1) is 28.1. The quantitative estimate of drug-likeness (QED) is 0.103. The van der Waals surface area contributed by atoms with Crippen molar-refractivity contribution in [2.45, 2.75) is 13.0 Å². The van der Waals surface area contributed by atoms with Crippen molar-refractivity contribution < 1.29 is 29.0 Å². The fourth-order valence-electron chi connectivity index (χ4n) is 3.94. The Labute approximate surface area is 238 Å². The lowest BCUT2D eigenvalue weighted by Crippen LogP contribution is -2.29. The molecular weight excluding hydrogens is 563 g/mol. The maximum absolute atomic E-state index is 13.4. The van der Waals surface area contributed by atoms with Crippen LogP contribution in [0, 0.1) is 6.92 Å². The summed E-state index contributed by atoms with van der Waals surface area (Å²) in [7, 11) is 0. The van der Waals surface area contributed by atoms with E-state index >= 15 is 0 Å². The fourth-order valence-corrected chi connectivity index (χ4v) is 5.44. The van der Waals surface area contributed by atoms with Crippen molar-refractivity contribution in [2.24, 2.45) is 0 Å². The number of hydrogen-bond acceptors (Lipinski definition) is 8. The lowest BCUT2D eigenvalue weighted by molar-refractivity contribution is -0.132. The summed E-state index contributed by atoms with van der Waals surface area (Å²) in [6.07, 6.45) is 3.02. The Bertz CT molecular complexity index is 1510. The Morgan fingerprint density at radius 3 is 2.46 bits per heavy atom. The van der Waals surface area contributed by atoms with Crippen molar-refractivity contribution >= 4 is 63.1 Å². The fraction of sp³-hybridized carbons (Fsp3) is 0.143. The monoisotopic (exact) mass is 584 g/mol. The van der Waals surface area contributed by atoms with Crippen LogP contribution in [-0.4, -0.2) is 41.0 Å². The van der Waals surface area contributed by atoms with Gasteiger partial charge in [0.05, 0.1) is 17.3 Å². The molecule has 39 heavy (non-hydrogen) atoms. The van der Waals surface area contributed by atoms with Gasteiger partial charge in [-0.3, -0.25) is 14.5 Å². The summed E-state index contributed by atoms with van der Waals surface area (Å²) in [4.78, 5) is 45.0. The van der Waals surface area contributed by atoms with Gasteiger partial charge in [-0.25, -0.2) is 9.78 Å². The number of nitrogens with zero attached hydrogens (tertiary/aromatic N) is 2. The molecule has 11 heteroatoms. The Kier molecular flexibility index (Phi) is 8.54. The summed E-state index contributed by atoms with van der Waals surface area (Å²) in [6, 6.07) is 9.78. The van der Waals surface area contributed by atoms with Crippen LogP contribution in [0.4, 0.5) is 5.13 Å². The molecule has 1 fully saturated rings. The molecule has 1 unspecified atom stereocenters. The van der Waals surface area contributed by atoms with Crippen molar-refractivity contribution in [3.8, 4) is 5.75 Å². The van der Waals surface area contributed by atoms with Gasteiger partial charge < -0.3 is 14.6 Å². The summed E-state index contributed by atoms with van der Waals surface area (Å²) in [5.41, 5.74) is 0.712. The van der Waals surface area contributed by atoms with Crippen molar-refractivity contribution in [3.63, 3.8) is 0 Å². The van der Waals surface area contributed by atoms with E-state index in [9.17, 15) is 19.5 Å². The molecule has 3 aromatic rings. The van der Waals surface area contributed by atoms with Crippen molar-refractivity contribution in [1.82, 2.24) is 4.98 Å². The number of benzene rings is 2. The number of carbonyl (C=O) groups is 3. The second kappa shape index (κ2) is 11.9. The number of thiazole rings is 1. The van der Waals surface area contributed by atoms with Crippen molar-refractivity contribution in [1.29, 1.82) is 0 Å². The van der Waals surface area contributed by atoms with Gasteiger partial charge in [-0.2, -0.15) is 0 Å². The third kappa shape index (κ3) is 5.61. The number of aromatic nitrogens is 1. The third-order valence-electron chi connectivity index (χ3n) is 5.71. The van der Waals surface area contributed by atoms with E-state index in [-0.39, 0.29) is 32.8 Å². The second-order valence-electron chi connectivity index (χ2n) is 8.26. The van der Waals surface area contributed by atoms with Crippen LogP contribution in [0.25, 0.3) is 5.76 Å². The Hall–Kier alpha value is -3.92. The van der Waals surface area contributed by atoms with E-state index in [1.165, 1.54) is 12.1 Å². The highest BCUT2D eigenvalue weighted by molar-refractivity contribution is 7.17. The highest BCUT2D eigenvalue weighted by atomic mass is 35.5. The number of amides is 1. The maximum Gasteiger partial charge on any atom is 0.350 e. The second-order valence-corrected chi connectivity index (χ2v) is 10.1. The molecule has 2 heterocycles. The van der Waals surface area contributed by atoms with Crippen molar-refractivity contribution in [2.75, 3.05) is 18.1 Å². The zero-order valence-electron chi connectivity index (χ0n) is 20.6. The van der Waals surface area contributed by atoms with Gasteiger partial charge in [0.2, 0.25) is 0 Å². The van der Waals surface area contributed by atoms with E-state index in [2.05, 4.69) is 18.1 Å². The average Bonchev–Trinajstić information content (AvgIpc) is 3.42. The van der Waals surface area contributed by atoms with Gasteiger partial charge in [0.15, 0.2) is 5.13 Å². The third-order valence-corrected chi connectivity index (χ3v) is 7.41. The standard InChI is InChI=1S/C28H22Cl2N2O6S/c1-4-12-37-18-9-6-16(7-10-18)23(33)21-22(19-11-8-17(29)14-20(19)30)32(26(35)24(21)34)28-31-15(3)25(39-28)27(36)38-13-5-2/h4-11,14,22,33H,1-2,12-13H2,3H3/b23-21+. The summed E-state index contributed by atoms with van der Waals surface area (Å²) in [5.74, 6) is -2.43. The number of aliphatic hydroxyl groups is 1. The van der Waals surface area contributed by atoms with Gasteiger partial charge in [-0.05, 0) is 48.9 Å². The van der Waals surface area contributed by atoms with E-state index in [0.29, 0.717) is 28.6 Å². The lowest BCUT2D eigenvalue weighted by atomic mass is 9.95. The normalized spacial score (nSPS) is 16.3. The van der Waals surface area contributed by atoms with Crippen LogP contribution in [0.1, 0.15) is 32.5 Å². The smallest absolute Gasteiger partial charge is 0.350 e. The van der Waals surface area contributed by atoms with Gasteiger partial charge in [0, 0.05) is 15.6 Å². The van der Waals surface area contributed by atoms with E-state index in [0.717, 1.165) is 16.2 Å². The van der Waals surface area contributed by atoms with Gasteiger partial charge in [-0.1, -0.05) is 65.9 Å². The largest absolute Gasteiger partial charge is 0.507 e. The minimum absolute atomic E-state index is 0.00613. The molecule has 1 aliphatic rings. The number of ether oxygens (including phenoxy) is 2. The van der Waals surface area contributed by atoms with Crippen LogP contribution in [0.2, 0.25) is 10.0 Å². The molecule has 1 amide bonds. The molecule has 4 rings (SSSR count). The number of anilines is 1. The average molecular weight is 585 g/mol. The van der Waals surface area contributed by atoms with E-state index in [1.54, 1.807) is 49.4 Å². The molecule has 1 aromatic heterocycles. The predicted octanol–water partition coefficient (Wildman–Crippen LogP) is 6.29.